The Balaban J connectivity index is 1.08. The van der Waals surface area contributed by atoms with Crippen LogP contribution in [0.4, 0.5) is 17.1 Å². The number of carbonyl (C=O) groups excluding carboxylic acids is 3. The van der Waals surface area contributed by atoms with Gasteiger partial charge in [-0.1, -0.05) is 55.5 Å². The minimum atomic E-state index is -2.91. The topological polar surface area (TPSA) is 160 Å². The number of nitrogens with zero attached hydrogens (tertiary/aromatic N) is 1. The van der Waals surface area contributed by atoms with E-state index >= 15 is 0 Å². The fourth-order valence-electron chi connectivity index (χ4n) is 8.95. The predicted molar refractivity (Wildman–Crippen MR) is 216 cm³/mol. The van der Waals surface area contributed by atoms with Crippen molar-refractivity contribution in [3.63, 3.8) is 0 Å². The Labute approximate surface area is 319 Å². The van der Waals surface area contributed by atoms with Gasteiger partial charge in [-0.2, -0.15) is 0 Å². The van der Waals surface area contributed by atoms with Crippen molar-refractivity contribution in [3.8, 4) is 0 Å². The van der Waals surface area contributed by atoms with Crippen molar-refractivity contribution in [2.24, 2.45) is 5.92 Å². The average molecular weight is 756 g/mol. The van der Waals surface area contributed by atoms with Crippen LogP contribution in [0.2, 0.25) is 18.6 Å². The van der Waals surface area contributed by atoms with Gasteiger partial charge in [-0.3, -0.25) is 14.4 Å². The Kier molecular flexibility index (Phi) is 9.46. The van der Waals surface area contributed by atoms with Gasteiger partial charge in [-0.25, -0.2) is 0 Å². The molecular weight excluding hydrogens is 711 g/mol. The highest BCUT2D eigenvalue weighted by atomic mass is 28.4. The minimum absolute atomic E-state index is 0.151. The van der Waals surface area contributed by atoms with Crippen LogP contribution >= 0.6 is 0 Å². The SMILES string of the molecule is C[C@H]1[C@H]([Si](C)(C)O)[C@@H](CCO)O[C@]12C(=O)N(Cc1cccc(NC(=O)Cc3c[nH]c4ccccc34)c1)c1ccc(NC(=O)Cc3c[nH]c4ccccc34)cc12. The molecule has 2 aliphatic heterocycles. The van der Waals surface area contributed by atoms with Crippen molar-refractivity contribution in [2.45, 2.75) is 63.1 Å². The fraction of sp³-hybridized carbons (Fsp3) is 0.279. The van der Waals surface area contributed by atoms with E-state index in [0.717, 1.165) is 38.5 Å². The number of benzene rings is 4. The molecule has 2 aliphatic rings. The number of nitrogens with one attached hydrogen (secondary N) is 4. The minimum Gasteiger partial charge on any atom is -0.432 e. The number of hydrogen-bond acceptors (Lipinski definition) is 6. The third-order valence-electron chi connectivity index (χ3n) is 11.3. The molecule has 282 valence electrons. The number of aliphatic hydroxyl groups is 1. The Morgan fingerprint density at radius 2 is 1.44 bits per heavy atom. The monoisotopic (exact) mass is 755 g/mol. The number of hydrogen-bond donors (Lipinski definition) is 6. The molecule has 4 aromatic carbocycles. The lowest BCUT2D eigenvalue weighted by Crippen LogP contribution is -2.46. The summed E-state index contributed by atoms with van der Waals surface area (Å²) in [5.41, 5.74) is 5.10. The number of para-hydroxylation sites is 2. The van der Waals surface area contributed by atoms with Gasteiger partial charge in [0, 0.05) is 69.2 Å². The first-order valence-corrected chi connectivity index (χ1v) is 21.7. The maximum atomic E-state index is 14.9. The zero-order valence-corrected chi connectivity index (χ0v) is 32.1. The highest BCUT2D eigenvalue weighted by Gasteiger charge is 2.66. The molecule has 2 aromatic heterocycles. The summed E-state index contributed by atoms with van der Waals surface area (Å²) >= 11 is 0. The average Bonchev–Trinajstić information content (AvgIpc) is 3.89. The van der Waals surface area contributed by atoms with Crippen LogP contribution in [-0.2, 0) is 44.1 Å². The van der Waals surface area contributed by atoms with Crippen LogP contribution in [0.3, 0.4) is 0 Å². The van der Waals surface area contributed by atoms with E-state index in [-0.39, 0.29) is 55.7 Å². The number of aromatic amines is 2. The molecule has 1 spiro atoms. The van der Waals surface area contributed by atoms with Gasteiger partial charge in [0.2, 0.25) is 11.8 Å². The van der Waals surface area contributed by atoms with Gasteiger partial charge in [-0.05, 0) is 78.7 Å². The Bertz CT molecular complexity index is 2430. The van der Waals surface area contributed by atoms with Gasteiger partial charge in [0.05, 0.1) is 31.2 Å². The number of amides is 3. The van der Waals surface area contributed by atoms with Crippen LogP contribution in [0.15, 0.2) is 103 Å². The largest absolute Gasteiger partial charge is 0.432 e. The molecule has 3 amide bonds. The number of fused-ring (bicyclic) bond motifs is 4. The molecule has 4 atom stereocenters. The van der Waals surface area contributed by atoms with E-state index in [1.54, 1.807) is 11.0 Å². The summed E-state index contributed by atoms with van der Waals surface area (Å²) in [4.78, 5) is 61.2. The van der Waals surface area contributed by atoms with E-state index in [1.165, 1.54) is 0 Å². The summed E-state index contributed by atoms with van der Waals surface area (Å²) < 4.78 is 6.81. The molecule has 6 N–H and O–H groups in total. The van der Waals surface area contributed by atoms with Gasteiger partial charge in [0.15, 0.2) is 13.9 Å². The summed E-state index contributed by atoms with van der Waals surface area (Å²) in [5.74, 6) is -1.06. The van der Waals surface area contributed by atoms with Crippen LogP contribution in [0.25, 0.3) is 21.8 Å². The first-order chi connectivity index (χ1) is 26.5. The smallest absolute Gasteiger partial charge is 0.264 e. The van der Waals surface area contributed by atoms with Crippen LogP contribution in [0, 0.1) is 5.92 Å². The summed E-state index contributed by atoms with van der Waals surface area (Å²) in [7, 11) is -2.91. The van der Waals surface area contributed by atoms with E-state index in [9.17, 15) is 24.3 Å². The Morgan fingerprint density at radius 3 is 2.04 bits per heavy atom. The molecule has 6 aromatic rings. The number of ether oxygens (including phenoxy) is 1. The second kappa shape index (κ2) is 14.3. The Hall–Kier alpha value is -5.53. The number of carbonyl (C=O) groups is 3. The third kappa shape index (κ3) is 6.65. The maximum absolute atomic E-state index is 14.9. The lowest BCUT2D eigenvalue weighted by atomic mass is 9.82. The molecule has 1 saturated heterocycles. The lowest BCUT2D eigenvalue weighted by molar-refractivity contribution is -0.146. The molecule has 1 fully saturated rings. The molecule has 0 bridgehead atoms. The molecule has 8 rings (SSSR count). The maximum Gasteiger partial charge on any atom is 0.264 e. The molecular formula is C43H45N5O6Si. The second-order valence-corrected chi connectivity index (χ2v) is 19.3. The quantitative estimate of drug-likeness (QED) is 0.0804. The number of anilines is 3. The van der Waals surface area contributed by atoms with Crippen molar-refractivity contribution in [2.75, 3.05) is 22.1 Å². The summed E-state index contributed by atoms with van der Waals surface area (Å²) in [6.07, 6.45) is 3.79. The number of rotatable bonds is 11. The Morgan fingerprint density at radius 1 is 0.836 bits per heavy atom. The number of aromatic nitrogens is 2. The molecule has 0 saturated carbocycles. The van der Waals surface area contributed by atoms with Crippen LogP contribution in [-0.4, -0.2) is 58.6 Å². The van der Waals surface area contributed by atoms with Gasteiger partial charge in [-0.15, -0.1) is 0 Å². The van der Waals surface area contributed by atoms with Crippen molar-refractivity contribution in [1.29, 1.82) is 0 Å². The van der Waals surface area contributed by atoms with E-state index in [0.29, 0.717) is 22.6 Å². The summed E-state index contributed by atoms with van der Waals surface area (Å²) in [6.45, 7) is 5.68. The van der Waals surface area contributed by atoms with Gasteiger partial charge in [0.1, 0.15) is 0 Å². The van der Waals surface area contributed by atoms with Crippen molar-refractivity contribution in [1.82, 2.24) is 9.97 Å². The van der Waals surface area contributed by atoms with Gasteiger partial charge >= 0.3 is 0 Å². The number of aliphatic hydroxyl groups excluding tert-OH is 1. The standard InChI is InChI=1S/C43H45N5O6Si/c1-26-41(55(2,3)53)38(17-18-49)54-43(26)34-22-31(47-40(51)21-29-24-45-36-14-7-5-12-33(29)36)15-16-37(34)48(42(43)52)25-27-9-8-10-30(19-27)46-39(50)20-28-23-44-35-13-6-4-11-32(28)35/h4-16,19,22-24,26,38,41,44-45,49,53H,17-18,20-21,25H2,1-3H3,(H,46,50)(H,47,51)/t26-,38+,41-,43+/m0/s1. The predicted octanol–water partition coefficient (Wildman–Crippen LogP) is 6.74. The highest BCUT2D eigenvalue weighted by molar-refractivity contribution is 6.71. The zero-order chi connectivity index (χ0) is 38.5. The zero-order valence-electron chi connectivity index (χ0n) is 31.1. The van der Waals surface area contributed by atoms with E-state index < -0.39 is 25.9 Å². The van der Waals surface area contributed by atoms with Crippen LogP contribution in [0.5, 0.6) is 0 Å². The first-order valence-electron chi connectivity index (χ1n) is 18.7. The molecule has 0 aliphatic carbocycles. The molecule has 11 nitrogen and oxygen atoms in total. The van der Waals surface area contributed by atoms with Crippen LogP contribution < -0.4 is 15.5 Å². The molecule has 4 heterocycles. The molecule has 0 radical (unpaired) electrons. The van der Waals surface area contributed by atoms with E-state index in [4.69, 9.17) is 4.74 Å². The lowest BCUT2D eigenvalue weighted by Gasteiger charge is -2.32. The normalized spacial score (nSPS) is 20.8. The molecule has 12 heteroatoms. The van der Waals surface area contributed by atoms with Crippen molar-refractivity contribution in [3.05, 3.63) is 126 Å². The van der Waals surface area contributed by atoms with Crippen molar-refractivity contribution < 1.29 is 29.0 Å². The third-order valence-corrected chi connectivity index (χ3v) is 13.8. The fourth-order valence-corrected chi connectivity index (χ4v) is 11.6. The van der Waals surface area contributed by atoms with Gasteiger partial charge < -0.3 is 40.1 Å². The summed E-state index contributed by atoms with van der Waals surface area (Å²) in [5, 5.41) is 18.1. The second-order valence-electron chi connectivity index (χ2n) is 15.4. The molecule has 0 unspecified atom stereocenters. The van der Waals surface area contributed by atoms with Gasteiger partial charge in [0.25, 0.3) is 5.91 Å². The van der Waals surface area contributed by atoms with E-state index in [2.05, 4.69) is 20.6 Å². The highest BCUT2D eigenvalue weighted by Crippen LogP contribution is 2.60. The van der Waals surface area contributed by atoms with Crippen molar-refractivity contribution >= 4 is 64.9 Å². The van der Waals surface area contributed by atoms with E-state index in [1.807, 2.05) is 117 Å². The first kappa shape index (κ1) is 36.4. The van der Waals surface area contributed by atoms with Crippen LogP contribution in [0.1, 0.15) is 35.6 Å². The number of H-pyrrole nitrogens is 2. The molecule has 55 heavy (non-hydrogen) atoms. The summed E-state index contributed by atoms with van der Waals surface area (Å²) in [6, 6.07) is 28.6.